The Morgan fingerprint density at radius 1 is 0.889 bits per heavy atom. The maximum absolute atomic E-state index is 13.9. The van der Waals surface area contributed by atoms with Gasteiger partial charge in [-0.3, -0.25) is 14.2 Å². The van der Waals surface area contributed by atoms with Crippen LogP contribution in [-0.2, 0) is 24.8 Å². The van der Waals surface area contributed by atoms with Crippen LogP contribution in [0.3, 0.4) is 0 Å². The van der Waals surface area contributed by atoms with Gasteiger partial charge in [0.2, 0.25) is 5.91 Å². The van der Waals surface area contributed by atoms with E-state index in [9.17, 15) is 14.4 Å². The number of hydrogen-bond donors (Lipinski definition) is 1. The highest BCUT2D eigenvalue weighted by Gasteiger charge is 2.22. The highest BCUT2D eigenvalue weighted by Crippen LogP contribution is 2.27. The predicted molar refractivity (Wildman–Crippen MR) is 144 cm³/mol. The maximum Gasteiger partial charge on any atom is 0.336 e. The van der Waals surface area contributed by atoms with Crippen LogP contribution >= 0.6 is 0 Å². The third kappa shape index (κ3) is 3.82. The van der Waals surface area contributed by atoms with Gasteiger partial charge in [0.05, 0.1) is 16.7 Å². The number of hydrogen-bond acceptors (Lipinski definition) is 3. The molecule has 0 saturated carbocycles. The van der Waals surface area contributed by atoms with E-state index in [2.05, 4.69) is 5.32 Å². The lowest BCUT2D eigenvalue weighted by molar-refractivity contribution is -0.116. The van der Waals surface area contributed by atoms with Gasteiger partial charge in [0.1, 0.15) is 12.1 Å². The zero-order valence-corrected chi connectivity index (χ0v) is 20.8. The topological polar surface area (TPSA) is 78.0 Å². The van der Waals surface area contributed by atoms with Gasteiger partial charge in [-0.2, -0.15) is 0 Å². The van der Waals surface area contributed by atoms with Crippen molar-refractivity contribution < 1.29 is 4.79 Å². The first kappa shape index (κ1) is 23.4. The Kier molecular flexibility index (Phi) is 5.84. The van der Waals surface area contributed by atoms with Gasteiger partial charge in [-0.1, -0.05) is 48.9 Å². The Morgan fingerprint density at radius 2 is 1.64 bits per heavy atom. The van der Waals surface area contributed by atoms with Crippen LogP contribution in [0.5, 0.6) is 0 Å². The summed E-state index contributed by atoms with van der Waals surface area (Å²) >= 11 is 0. The van der Waals surface area contributed by atoms with E-state index < -0.39 is 11.2 Å². The van der Waals surface area contributed by atoms with Gasteiger partial charge in [0, 0.05) is 18.1 Å². The molecule has 1 amide bonds. The molecule has 7 nitrogen and oxygen atoms in total. The number of anilines is 1. The lowest BCUT2D eigenvalue weighted by Crippen LogP contribution is -2.41. The van der Waals surface area contributed by atoms with Crippen molar-refractivity contribution in [1.82, 2.24) is 13.7 Å². The average molecular weight is 481 g/mol. The van der Waals surface area contributed by atoms with E-state index in [1.54, 1.807) is 16.7 Å². The van der Waals surface area contributed by atoms with Crippen LogP contribution in [0.4, 0.5) is 5.69 Å². The first-order valence-corrected chi connectivity index (χ1v) is 12.0. The molecular formula is C29H28N4O3. The van der Waals surface area contributed by atoms with Crippen LogP contribution in [0.1, 0.15) is 23.6 Å². The van der Waals surface area contributed by atoms with E-state index in [-0.39, 0.29) is 12.5 Å². The zero-order chi connectivity index (χ0) is 25.6. The molecule has 0 fully saturated rings. The van der Waals surface area contributed by atoms with Crippen molar-refractivity contribution in [3.05, 3.63) is 104 Å². The third-order valence-corrected chi connectivity index (χ3v) is 6.66. The van der Waals surface area contributed by atoms with Crippen LogP contribution in [-0.4, -0.2) is 19.6 Å². The summed E-state index contributed by atoms with van der Waals surface area (Å²) in [7, 11) is 1.81. The molecule has 2 heterocycles. The number of rotatable bonds is 5. The molecule has 0 spiro atoms. The molecule has 0 saturated heterocycles. The normalized spacial score (nSPS) is 11.3. The largest absolute Gasteiger partial charge is 0.338 e. The number of fused-ring (bicyclic) bond motifs is 3. The Morgan fingerprint density at radius 3 is 2.39 bits per heavy atom. The van der Waals surface area contributed by atoms with Crippen LogP contribution in [0.2, 0.25) is 0 Å². The molecule has 0 bridgehead atoms. The summed E-state index contributed by atoms with van der Waals surface area (Å²) in [4.78, 5) is 41.0. The molecule has 5 aromatic rings. The summed E-state index contributed by atoms with van der Waals surface area (Å²) in [5, 5.41) is 3.72. The Labute approximate surface area is 208 Å². The molecule has 3 aromatic carbocycles. The van der Waals surface area contributed by atoms with Gasteiger partial charge in [-0.05, 0) is 61.7 Å². The number of amides is 1. The third-order valence-electron chi connectivity index (χ3n) is 6.66. The fourth-order valence-electron chi connectivity index (χ4n) is 4.89. The molecule has 0 aliphatic rings. The summed E-state index contributed by atoms with van der Waals surface area (Å²) in [6, 6.07) is 20.7. The van der Waals surface area contributed by atoms with Gasteiger partial charge in [-0.15, -0.1) is 0 Å². The lowest BCUT2D eigenvalue weighted by Gasteiger charge is -2.14. The van der Waals surface area contributed by atoms with Gasteiger partial charge in [0.25, 0.3) is 5.56 Å². The molecule has 0 aliphatic heterocycles. The van der Waals surface area contributed by atoms with Crippen LogP contribution < -0.4 is 16.6 Å². The quantitative estimate of drug-likeness (QED) is 0.403. The average Bonchev–Trinajstić information content (AvgIpc) is 3.14. The molecule has 5 rings (SSSR count). The van der Waals surface area contributed by atoms with Gasteiger partial charge in [-0.25, -0.2) is 9.36 Å². The summed E-state index contributed by atoms with van der Waals surface area (Å²) < 4.78 is 4.39. The van der Waals surface area contributed by atoms with Crippen molar-refractivity contribution in [1.29, 1.82) is 0 Å². The Hall–Kier alpha value is -4.39. The fourth-order valence-corrected chi connectivity index (χ4v) is 4.89. The van der Waals surface area contributed by atoms with Crippen LogP contribution in [0.25, 0.3) is 27.6 Å². The number of nitrogens with zero attached hydrogens (tertiary/aromatic N) is 3. The lowest BCUT2D eigenvalue weighted by atomic mass is 10.1. The number of carbonyl (C=O) groups is 1. The molecule has 0 radical (unpaired) electrons. The Balaban J connectivity index is 1.78. The molecule has 0 aliphatic carbocycles. The Bertz CT molecular complexity index is 1770. The number of aryl methyl sites for hydroxylation is 4. The van der Waals surface area contributed by atoms with Gasteiger partial charge >= 0.3 is 5.69 Å². The maximum atomic E-state index is 13.9. The standard InChI is InChI=1S/C29H28N4O3/c1-5-20-10-6-7-12-23(20)30-25(34)17-32-26-22-16-19(3)13-14-24(22)31(4)27(26)28(35)33(29(32)36)21-11-8-9-18(2)15-21/h6-16H,5,17H2,1-4H3,(H,30,34). The molecule has 0 atom stereocenters. The van der Waals surface area contributed by atoms with Crippen LogP contribution in [0, 0.1) is 13.8 Å². The number of benzene rings is 3. The van der Waals surface area contributed by atoms with E-state index in [4.69, 9.17) is 0 Å². The molecule has 2 aromatic heterocycles. The highest BCUT2D eigenvalue weighted by molar-refractivity contribution is 6.06. The predicted octanol–water partition coefficient (Wildman–Crippen LogP) is 4.46. The number of aromatic nitrogens is 3. The van der Waals surface area contributed by atoms with E-state index in [0.29, 0.717) is 16.7 Å². The molecular weight excluding hydrogens is 452 g/mol. The van der Waals surface area contributed by atoms with Crippen molar-refractivity contribution in [2.24, 2.45) is 7.05 Å². The van der Waals surface area contributed by atoms with E-state index >= 15 is 0 Å². The minimum absolute atomic E-state index is 0.230. The van der Waals surface area contributed by atoms with Crippen molar-refractivity contribution in [3.63, 3.8) is 0 Å². The SMILES string of the molecule is CCc1ccccc1NC(=O)Cn1c(=O)n(-c2cccc(C)c2)c(=O)c2c1c1cc(C)ccc1n2C. The minimum atomic E-state index is -0.550. The molecule has 7 heteroatoms. The summed E-state index contributed by atoms with van der Waals surface area (Å²) in [6.07, 6.45) is 0.765. The van der Waals surface area contributed by atoms with Crippen molar-refractivity contribution >= 4 is 33.5 Å². The van der Waals surface area contributed by atoms with Crippen molar-refractivity contribution in [3.8, 4) is 5.69 Å². The minimum Gasteiger partial charge on any atom is -0.338 e. The summed E-state index contributed by atoms with van der Waals surface area (Å²) in [5.41, 5.74) is 4.82. The molecule has 36 heavy (non-hydrogen) atoms. The molecule has 1 N–H and O–H groups in total. The van der Waals surface area contributed by atoms with E-state index in [1.807, 2.05) is 82.4 Å². The molecule has 182 valence electrons. The van der Waals surface area contributed by atoms with Gasteiger partial charge in [0.15, 0.2) is 0 Å². The smallest absolute Gasteiger partial charge is 0.336 e. The first-order chi connectivity index (χ1) is 17.3. The van der Waals surface area contributed by atoms with Crippen molar-refractivity contribution in [2.75, 3.05) is 5.32 Å². The second kappa shape index (κ2) is 9.00. The summed E-state index contributed by atoms with van der Waals surface area (Å²) in [6.45, 7) is 5.66. The highest BCUT2D eigenvalue weighted by atomic mass is 16.2. The second-order valence-corrected chi connectivity index (χ2v) is 9.18. The summed E-state index contributed by atoms with van der Waals surface area (Å²) in [5.74, 6) is -0.335. The molecule has 0 unspecified atom stereocenters. The first-order valence-electron chi connectivity index (χ1n) is 12.0. The fraction of sp³-hybridized carbons (Fsp3) is 0.207. The second-order valence-electron chi connectivity index (χ2n) is 9.18. The number of para-hydroxylation sites is 1. The van der Waals surface area contributed by atoms with Crippen LogP contribution in [0.15, 0.2) is 76.3 Å². The van der Waals surface area contributed by atoms with E-state index in [1.165, 1.54) is 4.57 Å². The monoisotopic (exact) mass is 480 g/mol. The number of nitrogens with one attached hydrogen (secondary N) is 1. The zero-order valence-electron chi connectivity index (χ0n) is 20.8. The number of carbonyl (C=O) groups excluding carboxylic acids is 1. The van der Waals surface area contributed by atoms with Crippen molar-refractivity contribution in [2.45, 2.75) is 33.7 Å². The van der Waals surface area contributed by atoms with Gasteiger partial charge < -0.3 is 9.88 Å². The van der Waals surface area contributed by atoms with E-state index in [0.717, 1.165) is 44.3 Å².